The van der Waals surface area contributed by atoms with Crippen molar-refractivity contribution in [2.75, 3.05) is 5.32 Å². The van der Waals surface area contributed by atoms with Crippen LogP contribution in [0.4, 0.5) is 30.9 Å². The summed E-state index contributed by atoms with van der Waals surface area (Å²) in [5, 5.41) is 2.87. The number of halogens is 5. The molecule has 4 rings (SSSR count). The molecule has 0 aliphatic heterocycles. The number of hydrogen-bond donors (Lipinski definition) is 1. The molecule has 29 heavy (non-hydrogen) atoms. The summed E-state index contributed by atoms with van der Waals surface area (Å²) in [5.74, 6) is 0.368. The largest absolute Gasteiger partial charge is 0.339 e. The van der Waals surface area contributed by atoms with Crippen LogP contribution in [0.3, 0.4) is 0 Å². The third-order valence-electron chi connectivity index (χ3n) is 4.15. The Balaban J connectivity index is 1.70. The molecular weight excluding hydrogens is 431 g/mol. The maximum atomic E-state index is 12.9. The Labute approximate surface area is 166 Å². The highest BCUT2D eigenvalue weighted by atomic mass is 32.5. The number of nitrogens with zero attached hydrogens (tertiary/aromatic N) is 3. The zero-order valence-corrected chi connectivity index (χ0v) is 16.4. The van der Waals surface area contributed by atoms with Crippen LogP contribution in [-0.2, 0) is 0 Å². The summed E-state index contributed by atoms with van der Waals surface area (Å²) in [4.78, 5) is 11.6. The monoisotopic (exact) mass is 444 g/mol. The Morgan fingerprint density at radius 3 is 2.31 bits per heavy atom. The molecule has 0 aliphatic rings. The van der Waals surface area contributed by atoms with E-state index in [0.717, 1.165) is 28.3 Å². The molecule has 0 bridgehead atoms. The van der Waals surface area contributed by atoms with Crippen LogP contribution in [0.15, 0.2) is 59.9 Å². The van der Waals surface area contributed by atoms with Crippen LogP contribution in [0.5, 0.6) is 0 Å². The van der Waals surface area contributed by atoms with Gasteiger partial charge < -0.3 is 5.32 Å². The van der Waals surface area contributed by atoms with Crippen LogP contribution >= 0.6 is 21.6 Å². The quantitative estimate of drug-likeness (QED) is 0.332. The summed E-state index contributed by atoms with van der Waals surface area (Å²) < 4.78 is 65.0. The number of pyridine rings is 1. The fourth-order valence-electron chi connectivity index (χ4n) is 2.75. The molecule has 3 aromatic heterocycles. The third-order valence-corrected chi connectivity index (χ3v) is 6.47. The Morgan fingerprint density at radius 1 is 0.931 bits per heavy atom. The molecule has 152 valence electrons. The number of nitrogens with one attached hydrogen (secondary N) is 1. The SMILES string of the molecule is Cc1ncccc1-c1cc2ncnc(Nc3ccc(S(F)(F)(F)(F)F)cc3)c2s1. The Bertz CT molecular complexity index is 1220. The van der Waals surface area contributed by atoms with Crippen molar-refractivity contribution in [3.63, 3.8) is 0 Å². The van der Waals surface area contributed by atoms with Gasteiger partial charge in [-0.15, -0.1) is 11.3 Å². The first kappa shape index (κ1) is 19.5. The van der Waals surface area contributed by atoms with Crippen molar-refractivity contribution < 1.29 is 19.4 Å². The van der Waals surface area contributed by atoms with E-state index in [1.54, 1.807) is 6.20 Å². The molecule has 0 atom stereocenters. The lowest BCUT2D eigenvalue weighted by atomic mass is 10.2. The second kappa shape index (κ2) is 5.86. The zero-order valence-electron chi connectivity index (χ0n) is 14.7. The van der Waals surface area contributed by atoms with E-state index in [1.807, 2.05) is 25.1 Å². The summed E-state index contributed by atoms with van der Waals surface area (Å²) >= 11 is 1.39. The fraction of sp³-hybridized carbons (Fsp3) is 0.0556. The van der Waals surface area contributed by atoms with Gasteiger partial charge >= 0.3 is 10.2 Å². The molecule has 0 unspecified atom stereocenters. The molecular formula is C18H13F5N4S2. The summed E-state index contributed by atoms with van der Waals surface area (Å²) in [6, 6.07) is 8.22. The first-order chi connectivity index (χ1) is 13.4. The van der Waals surface area contributed by atoms with Crippen LogP contribution in [0, 0.1) is 6.92 Å². The Kier molecular flexibility index (Phi) is 3.95. The van der Waals surface area contributed by atoms with E-state index in [0.29, 0.717) is 28.2 Å². The van der Waals surface area contributed by atoms with Gasteiger partial charge in [-0.05, 0) is 43.3 Å². The van der Waals surface area contributed by atoms with Crippen molar-refractivity contribution in [3.8, 4) is 10.4 Å². The summed E-state index contributed by atoms with van der Waals surface area (Å²) in [6.45, 7) is 1.88. The van der Waals surface area contributed by atoms with Gasteiger partial charge in [-0.25, -0.2) is 9.97 Å². The second-order valence-corrected chi connectivity index (χ2v) is 9.76. The lowest BCUT2D eigenvalue weighted by Crippen LogP contribution is -2.05. The van der Waals surface area contributed by atoms with Crippen LogP contribution in [0.2, 0.25) is 0 Å². The van der Waals surface area contributed by atoms with E-state index >= 15 is 0 Å². The van der Waals surface area contributed by atoms with E-state index in [4.69, 9.17) is 0 Å². The molecule has 3 heterocycles. The van der Waals surface area contributed by atoms with Crippen LogP contribution in [0.25, 0.3) is 20.7 Å². The predicted molar refractivity (Wildman–Crippen MR) is 107 cm³/mol. The Hall–Kier alpha value is -2.79. The molecule has 0 aliphatic carbocycles. The molecule has 11 heteroatoms. The van der Waals surface area contributed by atoms with E-state index in [1.165, 1.54) is 17.7 Å². The van der Waals surface area contributed by atoms with Crippen molar-refractivity contribution in [2.24, 2.45) is 0 Å². The highest BCUT2D eigenvalue weighted by Gasteiger charge is 2.65. The molecule has 0 saturated heterocycles. The van der Waals surface area contributed by atoms with Gasteiger partial charge in [0.15, 0.2) is 5.82 Å². The van der Waals surface area contributed by atoms with Crippen LogP contribution in [-0.4, -0.2) is 15.0 Å². The van der Waals surface area contributed by atoms with Gasteiger partial charge in [-0.1, -0.05) is 25.5 Å². The fourth-order valence-corrected chi connectivity index (χ4v) is 4.54. The first-order valence-electron chi connectivity index (χ1n) is 8.18. The number of rotatable bonds is 4. The van der Waals surface area contributed by atoms with Gasteiger partial charge in [-0.3, -0.25) is 4.98 Å². The van der Waals surface area contributed by atoms with Gasteiger partial charge in [0.1, 0.15) is 11.2 Å². The molecule has 0 spiro atoms. The topological polar surface area (TPSA) is 50.7 Å². The van der Waals surface area contributed by atoms with Crippen LogP contribution in [0.1, 0.15) is 5.69 Å². The van der Waals surface area contributed by atoms with Gasteiger partial charge in [0.25, 0.3) is 0 Å². The maximum absolute atomic E-state index is 12.9. The van der Waals surface area contributed by atoms with Gasteiger partial charge in [-0.2, -0.15) is 0 Å². The normalized spacial score (nSPS) is 14.4. The summed E-state index contributed by atoms with van der Waals surface area (Å²) in [6.07, 6.45) is 3.01. The minimum Gasteiger partial charge on any atom is -0.339 e. The highest BCUT2D eigenvalue weighted by molar-refractivity contribution is 8.45. The zero-order chi connectivity index (χ0) is 20.9. The molecule has 1 aromatic carbocycles. The molecule has 0 amide bonds. The first-order valence-corrected chi connectivity index (χ1v) is 11.0. The number of aryl methyl sites for hydroxylation is 1. The number of hydrogen-bond acceptors (Lipinski definition) is 5. The lowest BCUT2D eigenvalue weighted by Gasteiger charge is -2.40. The van der Waals surface area contributed by atoms with E-state index in [9.17, 15) is 19.4 Å². The smallest absolute Gasteiger partial charge is 0.310 e. The maximum Gasteiger partial charge on any atom is 0.310 e. The minimum atomic E-state index is -9.70. The van der Waals surface area contributed by atoms with E-state index in [2.05, 4.69) is 20.3 Å². The molecule has 4 nitrogen and oxygen atoms in total. The number of benzene rings is 1. The van der Waals surface area contributed by atoms with Crippen molar-refractivity contribution in [3.05, 3.63) is 60.7 Å². The number of thiophene rings is 1. The average molecular weight is 444 g/mol. The molecule has 0 radical (unpaired) electrons. The van der Waals surface area contributed by atoms with Crippen molar-refractivity contribution in [1.82, 2.24) is 15.0 Å². The average Bonchev–Trinajstić information content (AvgIpc) is 3.06. The minimum absolute atomic E-state index is 0.197. The van der Waals surface area contributed by atoms with Crippen molar-refractivity contribution >= 4 is 43.3 Å². The summed E-state index contributed by atoms with van der Waals surface area (Å²) in [5.41, 5.74) is 2.62. The Morgan fingerprint density at radius 2 is 1.66 bits per heavy atom. The standard InChI is InChI=1S/C18H13F5N4S2/c1-11-14(3-2-8-24-11)16-9-15-17(28-16)18(26-10-25-15)27-12-4-6-13(7-5-12)29(19,20,21,22)23/h2-10H,1H3,(H,25,26,27). The number of fused-ring (bicyclic) bond motifs is 1. The predicted octanol–water partition coefficient (Wildman–Crippen LogP) is 7.46. The van der Waals surface area contributed by atoms with Crippen molar-refractivity contribution in [2.45, 2.75) is 11.8 Å². The van der Waals surface area contributed by atoms with E-state index < -0.39 is 15.1 Å². The van der Waals surface area contributed by atoms with Crippen LogP contribution < -0.4 is 5.32 Å². The van der Waals surface area contributed by atoms with Gasteiger partial charge in [0.2, 0.25) is 0 Å². The number of aromatic nitrogens is 3. The highest BCUT2D eigenvalue weighted by Crippen LogP contribution is 3.02. The van der Waals surface area contributed by atoms with Gasteiger partial charge in [0, 0.05) is 28.0 Å². The lowest BCUT2D eigenvalue weighted by molar-refractivity contribution is 0.364. The van der Waals surface area contributed by atoms with E-state index in [-0.39, 0.29) is 5.69 Å². The van der Waals surface area contributed by atoms with Crippen molar-refractivity contribution in [1.29, 1.82) is 0 Å². The molecule has 1 N–H and O–H groups in total. The second-order valence-electron chi connectivity index (χ2n) is 6.30. The number of anilines is 2. The molecule has 0 fully saturated rings. The molecule has 4 aromatic rings. The summed E-state index contributed by atoms with van der Waals surface area (Å²) in [7, 11) is -9.70. The van der Waals surface area contributed by atoms with Gasteiger partial charge in [0.05, 0.1) is 10.2 Å². The third kappa shape index (κ3) is 4.01. The molecule has 0 saturated carbocycles.